The second-order valence-corrected chi connectivity index (χ2v) is 3.54. The molecule has 1 aromatic rings. The standard InChI is InChI=1S/C10H10/c1-6-2-3-7-4-8-5-9(6)10(7)8/h2-3,8H,4-5H2,1H3. The Morgan fingerprint density at radius 2 is 2.20 bits per heavy atom. The van der Waals surface area contributed by atoms with Crippen LogP contribution in [-0.2, 0) is 12.8 Å². The maximum atomic E-state index is 2.30. The van der Waals surface area contributed by atoms with Gasteiger partial charge in [0.15, 0.2) is 0 Å². The van der Waals surface area contributed by atoms with E-state index in [1.807, 2.05) is 0 Å². The summed E-state index contributed by atoms with van der Waals surface area (Å²) in [6, 6.07) is 4.56. The molecule has 0 N–H and O–H groups in total. The van der Waals surface area contributed by atoms with Crippen LogP contribution in [0.15, 0.2) is 12.1 Å². The van der Waals surface area contributed by atoms with Crippen molar-refractivity contribution in [1.82, 2.24) is 0 Å². The van der Waals surface area contributed by atoms with E-state index in [-0.39, 0.29) is 0 Å². The van der Waals surface area contributed by atoms with Gasteiger partial charge in [-0.25, -0.2) is 0 Å². The van der Waals surface area contributed by atoms with Crippen molar-refractivity contribution in [3.8, 4) is 0 Å². The van der Waals surface area contributed by atoms with Gasteiger partial charge in [-0.1, -0.05) is 12.1 Å². The van der Waals surface area contributed by atoms with Gasteiger partial charge >= 0.3 is 0 Å². The monoisotopic (exact) mass is 130 g/mol. The van der Waals surface area contributed by atoms with E-state index in [9.17, 15) is 0 Å². The third-order valence-corrected chi connectivity index (χ3v) is 3.01. The first-order valence-electron chi connectivity index (χ1n) is 3.97. The minimum Gasteiger partial charge on any atom is -0.0588 e. The lowest BCUT2D eigenvalue weighted by molar-refractivity contribution is 0.523. The van der Waals surface area contributed by atoms with Crippen LogP contribution in [-0.4, -0.2) is 0 Å². The van der Waals surface area contributed by atoms with Gasteiger partial charge < -0.3 is 0 Å². The molecular weight excluding hydrogens is 120 g/mol. The lowest BCUT2D eigenvalue weighted by atomic mass is 9.62. The SMILES string of the molecule is Cc1ccc2c3c1CC3C2. The van der Waals surface area contributed by atoms with E-state index >= 15 is 0 Å². The first kappa shape index (κ1) is 4.95. The number of benzene rings is 1. The van der Waals surface area contributed by atoms with Gasteiger partial charge in [0, 0.05) is 0 Å². The molecule has 2 aliphatic carbocycles. The maximum absolute atomic E-state index is 2.30. The Hall–Kier alpha value is -0.780. The Kier molecular flexibility index (Phi) is 0.639. The summed E-state index contributed by atoms with van der Waals surface area (Å²) in [6.07, 6.45) is 2.73. The molecule has 0 spiro atoms. The maximum Gasteiger partial charge on any atom is -0.00752 e. The Bertz CT molecular complexity index is 295. The minimum absolute atomic E-state index is 0.977. The second-order valence-electron chi connectivity index (χ2n) is 3.54. The number of hydrogen-bond donors (Lipinski definition) is 0. The summed E-state index contributed by atoms with van der Waals surface area (Å²) in [5, 5.41) is 0. The summed E-state index contributed by atoms with van der Waals surface area (Å²) in [5.74, 6) is 0.977. The highest BCUT2D eigenvalue weighted by Crippen LogP contribution is 2.49. The van der Waals surface area contributed by atoms with E-state index in [0.717, 1.165) is 5.92 Å². The van der Waals surface area contributed by atoms with Gasteiger partial charge in [0.2, 0.25) is 0 Å². The molecule has 0 fully saturated rings. The average Bonchev–Trinajstić information content (AvgIpc) is 1.85. The highest BCUT2D eigenvalue weighted by Gasteiger charge is 2.37. The summed E-state index contributed by atoms with van der Waals surface area (Å²) in [5.41, 5.74) is 6.50. The van der Waals surface area contributed by atoms with Gasteiger partial charge in [-0.05, 0) is 47.9 Å². The van der Waals surface area contributed by atoms with Gasteiger partial charge in [0.1, 0.15) is 0 Å². The molecule has 0 amide bonds. The zero-order valence-electron chi connectivity index (χ0n) is 6.15. The van der Waals surface area contributed by atoms with Crippen LogP contribution in [0.2, 0.25) is 0 Å². The molecule has 0 saturated carbocycles. The van der Waals surface area contributed by atoms with E-state index in [0.29, 0.717) is 0 Å². The average molecular weight is 130 g/mol. The molecule has 0 heterocycles. The summed E-state index contributed by atoms with van der Waals surface area (Å²) in [7, 11) is 0. The number of aryl methyl sites for hydroxylation is 1. The third-order valence-electron chi connectivity index (χ3n) is 3.01. The molecule has 0 saturated heterocycles. The summed E-state index contributed by atoms with van der Waals surface area (Å²) in [6.45, 7) is 2.23. The smallest absolute Gasteiger partial charge is 0.00752 e. The summed E-state index contributed by atoms with van der Waals surface area (Å²) in [4.78, 5) is 0. The highest BCUT2D eigenvalue weighted by atomic mass is 14.4. The normalized spacial score (nSPS) is 24.7. The van der Waals surface area contributed by atoms with E-state index in [1.54, 1.807) is 16.7 Å². The fourth-order valence-corrected chi connectivity index (χ4v) is 2.31. The van der Waals surface area contributed by atoms with Gasteiger partial charge in [0.25, 0.3) is 0 Å². The molecular formula is C10H10. The van der Waals surface area contributed by atoms with Gasteiger partial charge in [-0.2, -0.15) is 0 Å². The fourth-order valence-electron chi connectivity index (χ4n) is 2.31. The quantitative estimate of drug-likeness (QED) is 0.505. The zero-order valence-corrected chi connectivity index (χ0v) is 6.15. The fraction of sp³-hybridized carbons (Fsp3) is 0.400. The van der Waals surface area contributed by atoms with Crippen LogP contribution in [0.1, 0.15) is 28.2 Å². The lowest BCUT2D eigenvalue weighted by Gasteiger charge is -2.42. The third kappa shape index (κ3) is 0.351. The largest absolute Gasteiger partial charge is 0.0588 e. The van der Waals surface area contributed by atoms with Crippen molar-refractivity contribution in [3.05, 3.63) is 34.4 Å². The molecule has 1 unspecified atom stereocenters. The van der Waals surface area contributed by atoms with E-state index in [4.69, 9.17) is 0 Å². The molecule has 2 aliphatic rings. The Morgan fingerprint density at radius 3 is 2.90 bits per heavy atom. The van der Waals surface area contributed by atoms with Crippen LogP contribution in [0.25, 0.3) is 0 Å². The Labute approximate surface area is 60.9 Å². The van der Waals surface area contributed by atoms with Crippen LogP contribution in [0.3, 0.4) is 0 Å². The summed E-state index contributed by atoms with van der Waals surface area (Å²) >= 11 is 0. The molecule has 0 heteroatoms. The van der Waals surface area contributed by atoms with Crippen molar-refractivity contribution in [3.63, 3.8) is 0 Å². The van der Waals surface area contributed by atoms with Crippen molar-refractivity contribution in [1.29, 1.82) is 0 Å². The van der Waals surface area contributed by atoms with Crippen molar-refractivity contribution >= 4 is 0 Å². The molecule has 0 nitrogen and oxygen atoms in total. The van der Waals surface area contributed by atoms with Gasteiger partial charge in [-0.3, -0.25) is 0 Å². The van der Waals surface area contributed by atoms with Crippen LogP contribution in [0.5, 0.6) is 0 Å². The molecule has 3 rings (SSSR count). The zero-order chi connectivity index (χ0) is 6.72. The van der Waals surface area contributed by atoms with Gasteiger partial charge in [-0.15, -0.1) is 0 Å². The molecule has 0 aromatic heterocycles. The molecule has 1 atom stereocenters. The predicted octanol–water partition coefficient (Wildman–Crippen LogP) is 2.19. The number of hydrogen-bond acceptors (Lipinski definition) is 0. The van der Waals surface area contributed by atoms with Crippen molar-refractivity contribution in [2.75, 3.05) is 0 Å². The molecule has 10 heavy (non-hydrogen) atoms. The highest BCUT2D eigenvalue weighted by molar-refractivity contribution is 5.56. The first-order valence-corrected chi connectivity index (χ1v) is 3.97. The van der Waals surface area contributed by atoms with Gasteiger partial charge in [0.05, 0.1) is 0 Å². The van der Waals surface area contributed by atoms with Crippen LogP contribution in [0.4, 0.5) is 0 Å². The van der Waals surface area contributed by atoms with Crippen LogP contribution >= 0.6 is 0 Å². The van der Waals surface area contributed by atoms with Crippen LogP contribution < -0.4 is 0 Å². The topological polar surface area (TPSA) is 0 Å². The first-order chi connectivity index (χ1) is 4.86. The molecule has 50 valence electrons. The van der Waals surface area contributed by atoms with Crippen LogP contribution in [0, 0.1) is 6.92 Å². The predicted molar refractivity (Wildman–Crippen MR) is 41.3 cm³/mol. The van der Waals surface area contributed by atoms with Crippen molar-refractivity contribution < 1.29 is 0 Å². The van der Waals surface area contributed by atoms with E-state index in [1.165, 1.54) is 18.4 Å². The molecule has 0 aliphatic heterocycles. The van der Waals surface area contributed by atoms with E-state index in [2.05, 4.69) is 19.1 Å². The van der Waals surface area contributed by atoms with Crippen molar-refractivity contribution in [2.45, 2.75) is 25.7 Å². The number of rotatable bonds is 0. The van der Waals surface area contributed by atoms with Crippen molar-refractivity contribution in [2.24, 2.45) is 0 Å². The Balaban J connectivity index is 2.39. The van der Waals surface area contributed by atoms with E-state index < -0.39 is 0 Å². The second kappa shape index (κ2) is 1.29. The minimum atomic E-state index is 0.977. The molecule has 0 bridgehead atoms. The molecule has 1 aromatic carbocycles. The Morgan fingerprint density at radius 1 is 1.30 bits per heavy atom. The summed E-state index contributed by atoms with van der Waals surface area (Å²) < 4.78 is 0. The molecule has 0 radical (unpaired) electrons. The lowest BCUT2D eigenvalue weighted by Crippen LogP contribution is -2.31.